The van der Waals surface area contributed by atoms with E-state index in [2.05, 4.69) is 11.8 Å². The van der Waals surface area contributed by atoms with Crippen molar-refractivity contribution in [1.29, 1.82) is 0 Å². The Morgan fingerprint density at radius 2 is 1.78 bits per heavy atom. The fourth-order valence-electron chi connectivity index (χ4n) is 7.99. The van der Waals surface area contributed by atoms with E-state index >= 15 is 0 Å². The van der Waals surface area contributed by atoms with Gasteiger partial charge in [-0.15, -0.1) is 0 Å². The summed E-state index contributed by atoms with van der Waals surface area (Å²) < 4.78 is 0. The molecule has 4 aliphatic rings. The van der Waals surface area contributed by atoms with E-state index in [0.29, 0.717) is 28.7 Å². The molecule has 0 aromatic heterocycles. The van der Waals surface area contributed by atoms with Gasteiger partial charge in [0.05, 0.1) is 17.5 Å². The number of hydrogen-bond donors (Lipinski definition) is 3. The van der Waals surface area contributed by atoms with Crippen LogP contribution in [0.15, 0.2) is 6.07 Å². The molecule has 10 nitrogen and oxygen atoms in total. The summed E-state index contributed by atoms with van der Waals surface area (Å²) in [5.74, 6) is -10.6. The van der Waals surface area contributed by atoms with Crippen molar-refractivity contribution in [3.8, 4) is 5.75 Å². The van der Waals surface area contributed by atoms with Gasteiger partial charge in [0.25, 0.3) is 0 Å². The SMILES string of the molecule is CCN(Cc1cc(O)c2c(c1Cl)C[C@H]1C[C@H]3[C@H](N(C)C)C(=O)C(C(N)=O)C(=O)[C@@]3(O)C(=O)C1C2=O)C1CCCCC1. The van der Waals surface area contributed by atoms with E-state index in [1.807, 2.05) is 0 Å². The summed E-state index contributed by atoms with van der Waals surface area (Å²) >= 11 is 6.92. The number of nitrogens with two attached hydrogens (primary N) is 1. The fourth-order valence-corrected chi connectivity index (χ4v) is 8.27. The standard InChI is InChI=1S/C30H38ClN3O7/c1-4-34(16-8-6-5-7-9-16)13-15-12-19(35)21-17(23(15)31)10-14-11-18-24(33(2)3)26(37)22(29(32)40)28(39)30(18,41)27(38)20(14)25(21)36/h12,14,16,18,20,22,24,35,41H,4-11,13H2,1-3H3,(H2,32,40)/t14-,18-,20?,22?,24-,30-/m0/s1. The minimum Gasteiger partial charge on any atom is -0.507 e. The molecule has 3 saturated carbocycles. The van der Waals surface area contributed by atoms with Crippen molar-refractivity contribution in [2.75, 3.05) is 20.6 Å². The van der Waals surface area contributed by atoms with Crippen molar-refractivity contribution < 1.29 is 34.2 Å². The Kier molecular flexibility index (Phi) is 7.91. The van der Waals surface area contributed by atoms with Crippen LogP contribution in [0.1, 0.15) is 66.9 Å². The maximum absolute atomic E-state index is 13.9. The lowest BCUT2D eigenvalue weighted by molar-refractivity contribution is -0.181. The number of fused-ring (bicyclic) bond motifs is 3. The third-order valence-corrected chi connectivity index (χ3v) is 10.4. The molecule has 0 radical (unpaired) electrons. The van der Waals surface area contributed by atoms with E-state index in [1.54, 1.807) is 14.1 Å². The number of ketones is 4. The maximum Gasteiger partial charge on any atom is 0.235 e. The van der Waals surface area contributed by atoms with Crippen molar-refractivity contribution in [1.82, 2.24) is 9.80 Å². The lowest BCUT2D eigenvalue weighted by Gasteiger charge is -2.52. The Bertz CT molecular complexity index is 1320. The monoisotopic (exact) mass is 587 g/mol. The Morgan fingerprint density at radius 1 is 1.12 bits per heavy atom. The Morgan fingerprint density at radius 3 is 2.37 bits per heavy atom. The molecule has 3 fully saturated rings. The summed E-state index contributed by atoms with van der Waals surface area (Å²) in [5.41, 5.74) is 3.68. The number of primary amides is 1. The first kappa shape index (κ1) is 29.8. The van der Waals surface area contributed by atoms with Crippen LogP contribution in [0.25, 0.3) is 0 Å². The number of phenolic OH excluding ortho intramolecular Hbond substituents is 1. The second-order valence-electron chi connectivity index (χ2n) is 12.4. The minimum atomic E-state index is -2.74. The number of phenols is 1. The summed E-state index contributed by atoms with van der Waals surface area (Å²) in [6.07, 6.45) is 5.90. The third-order valence-electron chi connectivity index (χ3n) is 9.94. The predicted octanol–water partition coefficient (Wildman–Crippen LogP) is 1.67. The number of Topliss-reactive ketones (excluding diaryl/α,β-unsaturated/α-hetero) is 4. The number of amides is 1. The largest absolute Gasteiger partial charge is 0.507 e. The summed E-state index contributed by atoms with van der Waals surface area (Å²) in [6.45, 7) is 3.39. The number of hydrogen-bond acceptors (Lipinski definition) is 9. The number of nitrogens with zero attached hydrogens (tertiary/aromatic N) is 2. The summed E-state index contributed by atoms with van der Waals surface area (Å²) in [6, 6.07) is 0.752. The number of carbonyl (C=O) groups is 5. The van der Waals surface area contributed by atoms with Gasteiger partial charge in [-0.3, -0.25) is 33.8 Å². The molecule has 4 N–H and O–H groups in total. The van der Waals surface area contributed by atoms with Crippen LogP contribution in [0.2, 0.25) is 5.02 Å². The van der Waals surface area contributed by atoms with E-state index in [4.69, 9.17) is 17.3 Å². The molecule has 0 saturated heterocycles. The van der Waals surface area contributed by atoms with Gasteiger partial charge in [-0.2, -0.15) is 0 Å². The molecule has 2 unspecified atom stereocenters. The van der Waals surface area contributed by atoms with E-state index in [-0.39, 0.29) is 24.2 Å². The van der Waals surface area contributed by atoms with Crippen LogP contribution in [0.4, 0.5) is 0 Å². The maximum atomic E-state index is 13.9. The van der Waals surface area contributed by atoms with Crippen LogP contribution in [0.3, 0.4) is 0 Å². The third kappa shape index (κ3) is 4.54. The number of likely N-dealkylation sites (N-methyl/N-ethyl adjacent to an activating group) is 1. The van der Waals surface area contributed by atoms with Crippen LogP contribution in [-0.2, 0) is 32.1 Å². The lowest BCUT2D eigenvalue weighted by Crippen LogP contribution is -2.74. The minimum absolute atomic E-state index is 0.00558. The van der Waals surface area contributed by atoms with E-state index in [9.17, 15) is 34.2 Å². The zero-order valence-electron chi connectivity index (χ0n) is 23.7. The van der Waals surface area contributed by atoms with Crippen LogP contribution in [0.5, 0.6) is 5.75 Å². The van der Waals surface area contributed by atoms with Gasteiger partial charge in [0.15, 0.2) is 34.7 Å². The van der Waals surface area contributed by atoms with Gasteiger partial charge in [0, 0.05) is 23.5 Å². The van der Waals surface area contributed by atoms with Crippen molar-refractivity contribution in [3.63, 3.8) is 0 Å². The van der Waals surface area contributed by atoms with Gasteiger partial charge in [-0.1, -0.05) is 37.8 Å². The number of halogens is 1. The number of aromatic hydroxyl groups is 1. The van der Waals surface area contributed by atoms with Crippen molar-refractivity contribution in [2.24, 2.45) is 29.4 Å². The molecule has 5 rings (SSSR count). The molecule has 0 heterocycles. The molecule has 1 aromatic carbocycles. The predicted molar refractivity (Wildman–Crippen MR) is 149 cm³/mol. The smallest absolute Gasteiger partial charge is 0.235 e. The second-order valence-corrected chi connectivity index (χ2v) is 12.7. The number of aliphatic hydroxyl groups is 1. The second kappa shape index (κ2) is 10.9. The molecule has 6 atom stereocenters. The molecule has 0 bridgehead atoms. The van der Waals surface area contributed by atoms with Gasteiger partial charge < -0.3 is 15.9 Å². The fraction of sp³-hybridized carbons (Fsp3) is 0.633. The normalized spacial score (nSPS) is 32.2. The molecule has 41 heavy (non-hydrogen) atoms. The summed E-state index contributed by atoms with van der Waals surface area (Å²) in [7, 11) is 3.11. The van der Waals surface area contributed by atoms with Crippen molar-refractivity contribution >= 4 is 40.6 Å². The molecule has 1 amide bonds. The number of benzene rings is 1. The van der Waals surface area contributed by atoms with E-state index in [0.717, 1.165) is 19.4 Å². The first-order valence-electron chi connectivity index (χ1n) is 14.5. The molecule has 11 heteroatoms. The highest BCUT2D eigenvalue weighted by Gasteiger charge is 2.69. The highest BCUT2D eigenvalue weighted by molar-refractivity contribution is 6.34. The average Bonchev–Trinajstić information content (AvgIpc) is 2.91. The molecule has 0 aliphatic heterocycles. The van der Waals surface area contributed by atoms with Gasteiger partial charge in [-0.25, -0.2) is 0 Å². The van der Waals surface area contributed by atoms with Crippen LogP contribution in [-0.4, -0.2) is 87.4 Å². The van der Waals surface area contributed by atoms with E-state index < -0.39 is 64.4 Å². The number of carbonyl (C=O) groups excluding carboxylic acids is 5. The Hall–Kier alpha value is -2.66. The molecular weight excluding hydrogens is 550 g/mol. The number of rotatable bonds is 6. The quantitative estimate of drug-likeness (QED) is 0.421. The molecule has 4 aliphatic carbocycles. The highest BCUT2D eigenvalue weighted by Crippen LogP contribution is 2.52. The Labute approximate surface area is 244 Å². The van der Waals surface area contributed by atoms with Crippen LogP contribution in [0, 0.1) is 23.7 Å². The first-order valence-corrected chi connectivity index (χ1v) is 14.8. The average molecular weight is 588 g/mol. The zero-order valence-corrected chi connectivity index (χ0v) is 24.4. The van der Waals surface area contributed by atoms with Crippen LogP contribution >= 0.6 is 11.6 Å². The summed E-state index contributed by atoms with van der Waals surface area (Å²) in [5, 5.41) is 23.1. The molecule has 222 valence electrons. The summed E-state index contributed by atoms with van der Waals surface area (Å²) in [4.78, 5) is 70.3. The lowest BCUT2D eigenvalue weighted by atomic mass is 9.52. The van der Waals surface area contributed by atoms with Gasteiger partial charge in [0.2, 0.25) is 5.91 Å². The molecule has 0 spiro atoms. The Balaban J connectivity index is 1.54. The zero-order chi connectivity index (χ0) is 30.0. The van der Waals surface area contributed by atoms with Crippen LogP contribution < -0.4 is 5.73 Å². The van der Waals surface area contributed by atoms with Crippen molar-refractivity contribution in [3.05, 3.63) is 27.8 Å². The highest BCUT2D eigenvalue weighted by atomic mass is 35.5. The van der Waals surface area contributed by atoms with E-state index in [1.165, 1.54) is 30.2 Å². The van der Waals surface area contributed by atoms with Crippen molar-refractivity contribution in [2.45, 2.75) is 76.1 Å². The van der Waals surface area contributed by atoms with Gasteiger partial charge in [-0.05, 0) is 69.4 Å². The first-order chi connectivity index (χ1) is 19.3. The topological polar surface area (TPSA) is 158 Å². The van der Waals surface area contributed by atoms with Gasteiger partial charge >= 0.3 is 0 Å². The molecule has 1 aromatic rings. The van der Waals surface area contributed by atoms with Gasteiger partial charge in [0.1, 0.15) is 5.75 Å². The molecular formula is C30H38ClN3O7.